The Balaban J connectivity index is 0.00000361. The fourth-order valence-corrected chi connectivity index (χ4v) is 1.95. The van der Waals surface area contributed by atoms with Crippen molar-refractivity contribution in [2.45, 2.75) is 20.8 Å². The Morgan fingerprint density at radius 1 is 1.16 bits per heavy atom. The SMILES string of the molecule is CCN(CC)CCNC(=O)c1ccccc1C(C)=O.[HH]. The van der Waals surface area contributed by atoms with E-state index in [2.05, 4.69) is 24.1 Å². The van der Waals surface area contributed by atoms with Crippen LogP contribution in [0.1, 0.15) is 42.9 Å². The van der Waals surface area contributed by atoms with E-state index in [1.807, 2.05) is 0 Å². The van der Waals surface area contributed by atoms with Gasteiger partial charge in [-0.25, -0.2) is 0 Å². The number of rotatable bonds is 7. The van der Waals surface area contributed by atoms with Crippen molar-refractivity contribution >= 4 is 11.7 Å². The van der Waals surface area contributed by atoms with Crippen LogP contribution in [0.3, 0.4) is 0 Å². The van der Waals surface area contributed by atoms with E-state index in [-0.39, 0.29) is 13.1 Å². The van der Waals surface area contributed by atoms with Gasteiger partial charge in [0.15, 0.2) is 5.78 Å². The lowest BCUT2D eigenvalue weighted by molar-refractivity contribution is 0.0935. The van der Waals surface area contributed by atoms with Crippen molar-refractivity contribution in [1.29, 1.82) is 0 Å². The first-order valence-corrected chi connectivity index (χ1v) is 6.70. The summed E-state index contributed by atoms with van der Waals surface area (Å²) in [5.41, 5.74) is 0.928. The van der Waals surface area contributed by atoms with E-state index >= 15 is 0 Å². The average molecular weight is 264 g/mol. The molecule has 1 aromatic carbocycles. The second-order valence-electron chi connectivity index (χ2n) is 4.38. The lowest BCUT2D eigenvalue weighted by Gasteiger charge is -2.18. The van der Waals surface area contributed by atoms with E-state index in [4.69, 9.17) is 0 Å². The van der Waals surface area contributed by atoms with Crippen LogP contribution in [-0.4, -0.2) is 42.8 Å². The van der Waals surface area contributed by atoms with E-state index in [1.54, 1.807) is 24.3 Å². The van der Waals surface area contributed by atoms with Gasteiger partial charge in [-0.15, -0.1) is 0 Å². The molecule has 0 saturated heterocycles. The summed E-state index contributed by atoms with van der Waals surface area (Å²) in [4.78, 5) is 25.7. The molecule has 4 heteroatoms. The van der Waals surface area contributed by atoms with Gasteiger partial charge in [-0.2, -0.15) is 0 Å². The molecule has 0 aliphatic carbocycles. The monoisotopic (exact) mass is 264 g/mol. The van der Waals surface area contributed by atoms with Crippen LogP contribution < -0.4 is 5.32 Å². The molecular formula is C15H24N2O2. The van der Waals surface area contributed by atoms with Gasteiger partial charge in [-0.05, 0) is 26.1 Å². The van der Waals surface area contributed by atoms with Crippen LogP contribution in [0.15, 0.2) is 24.3 Å². The fraction of sp³-hybridized carbons (Fsp3) is 0.467. The van der Waals surface area contributed by atoms with Crippen molar-refractivity contribution in [1.82, 2.24) is 10.2 Å². The number of ketones is 1. The summed E-state index contributed by atoms with van der Waals surface area (Å²) in [6.07, 6.45) is 0. The summed E-state index contributed by atoms with van der Waals surface area (Å²) >= 11 is 0. The van der Waals surface area contributed by atoms with Crippen LogP contribution >= 0.6 is 0 Å². The summed E-state index contributed by atoms with van der Waals surface area (Å²) in [6.45, 7) is 9.01. The van der Waals surface area contributed by atoms with Crippen molar-refractivity contribution in [3.8, 4) is 0 Å². The summed E-state index contributed by atoms with van der Waals surface area (Å²) < 4.78 is 0. The molecule has 19 heavy (non-hydrogen) atoms. The first-order valence-electron chi connectivity index (χ1n) is 6.70. The first-order chi connectivity index (χ1) is 9.10. The quantitative estimate of drug-likeness (QED) is 0.768. The second kappa shape index (κ2) is 7.69. The lowest BCUT2D eigenvalue weighted by atomic mass is 10.0. The van der Waals surface area contributed by atoms with E-state index < -0.39 is 0 Å². The zero-order valence-electron chi connectivity index (χ0n) is 11.9. The maximum Gasteiger partial charge on any atom is 0.252 e. The molecule has 0 aromatic heterocycles. The molecule has 1 aromatic rings. The lowest BCUT2D eigenvalue weighted by Crippen LogP contribution is -2.35. The average Bonchev–Trinajstić information content (AvgIpc) is 2.43. The number of carbonyl (C=O) groups excluding carboxylic acids is 2. The van der Waals surface area contributed by atoms with Gasteiger partial charge in [0.2, 0.25) is 0 Å². The molecule has 1 N–H and O–H groups in total. The van der Waals surface area contributed by atoms with Gasteiger partial charge in [0.25, 0.3) is 5.91 Å². The minimum Gasteiger partial charge on any atom is -0.351 e. The molecule has 0 aliphatic heterocycles. The molecule has 0 heterocycles. The van der Waals surface area contributed by atoms with Crippen LogP contribution in [0.2, 0.25) is 0 Å². The van der Waals surface area contributed by atoms with E-state index in [0.717, 1.165) is 19.6 Å². The molecule has 1 amide bonds. The highest BCUT2D eigenvalue weighted by Crippen LogP contribution is 2.09. The van der Waals surface area contributed by atoms with Gasteiger partial charge in [-0.1, -0.05) is 32.0 Å². The van der Waals surface area contributed by atoms with Gasteiger partial charge >= 0.3 is 0 Å². The first kappa shape index (κ1) is 15.4. The highest BCUT2D eigenvalue weighted by molar-refractivity contribution is 6.07. The van der Waals surface area contributed by atoms with Gasteiger partial charge < -0.3 is 10.2 Å². The Morgan fingerprint density at radius 2 is 1.74 bits per heavy atom. The molecule has 0 aliphatic rings. The van der Waals surface area contributed by atoms with E-state index in [0.29, 0.717) is 17.7 Å². The summed E-state index contributed by atoms with van der Waals surface area (Å²) in [5.74, 6) is -0.271. The maximum absolute atomic E-state index is 12.0. The molecule has 0 radical (unpaired) electrons. The molecule has 0 unspecified atom stereocenters. The predicted octanol–water partition coefficient (Wildman–Crippen LogP) is 2.21. The second-order valence-corrected chi connectivity index (χ2v) is 4.38. The third-order valence-corrected chi connectivity index (χ3v) is 3.16. The molecule has 0 atom stereocenters. The number of Topliss-reactive ketones (excluding diaryl/α,β-unsaturated/α-hetero) is 1. The molecule has 0 spiro atoms. The van der Waals surface area contributed by atoms with Crippen molar-refractivity contribution in [3.05, 3.63) is 35.4 Å². The maximum atomic E-state index is 12.0. The predicted molar refractivity (Wildman–Crippen MR) is 78.7 cm³/mol. The van der Waals surface area contributed by atoms with Crippen molar-refractivity contribution in [2.75, 3.05) is 26.2 Å². The van der Waals surface area contributed by atoms with Gasteiger partial charge in [0, 0.05) is 20.1 Å². The van der Waals surface area contributed by atoms with Crippen LogP contribution in [0.4, 0.5) is 0 Å². The number of nitrogens with zero attached hydrogens (tertiary/aromatic N) is 1. The summed E-state index contributed by atoms with van der Waals surface area (Å²) in [7, 11) is 0. The van der Waals surface area contributed by atoms with Gasteiger partial charge in [0.05, 0.1) is 5.56 Å². The number of likely N-dealkylation sites (N-methyl/N-ethyl adjacent to an activating group) is 1. The van der Waals surface area contributed by atoms with E-state index in [9.17, 15) is 9.59 Å². The standard InChI is InChI=1S/C15H22N2O2.H2/c1-4-17(5-2)11-10-16-15(19)14-9-7-6-8-13(14)12(3)18;/h6-9H,4-5,10-11H2,1-3H3,(H,16,19);1H. The summed E-state index contributed by atoms with van der Waals surface area (Å²) in [6, 6.07) is 6.90. The minimum absolute atomic E-state index is 0. The highest BCUT2D eigenvalue weighted by atomic mass is 16.2. The van der Waals surface area contributed by atoms with Crippen molar-refractivity contribution in [3.63, 3.8) is 0 Å². The normalized spacial score (nSPS) is 10.5. The molecule has 106 valence electrons. The smallest absolute Gasteiger partial charge is 0.252 e. The number of hydrogen-bond acceptors (Lipinski definition) is 3. The Hall–Kier alpha value is -1.68. The van der Waals surface area contributed by atoms with Crippen LogP contribution in [-0.2, 0) is 0 Å². The van der Waals surface area contributed by atoms with Gasteiger partial charge in [0.1, 0.15) is 0 Å². The Kier molecular flexibility index (Phi) is 6.22. The molecular weight excluding hydrogens is 240 g/mol. The largest absolute Gasteiger partial charge is 0.351 e. The van der Waals surface area contributed by atoms with Crippen LogP contribution in [0.5, 0.6) is 0 Å². The van der Waals surface area contributed by atoms with Crippen LogP contribution in [0.25, 0.3) is 0 Å². The fourth-order valence-electron chi connectivity index (χ4n) is 1.95. The summed E-state index contributed by atoms with van der Waals surface area (Å²) in [5, 5.41) is 2.86. The van der Waals surface area contributed by atoms with Crippen molar-refractivity contribution in [2.24, 2.45) is 0 Å². The highest BCUT2D eigenvalue weighted by Gasteiger charge is 2.13. The molecule has 1 rings (SSSR count). The topological polar surface area (TPSA) is 49.4 Å². The number of hydrogen-bond donors (Lipinski definition) is 1. The molecule has 0 saturated carbocycles. The minimum atomic E-state index is -0.182. The zero-order chi connectivity index (χ0) is 14.3. The molecule has 0 fully saturated rings. The van der Waals surface area contributed by atoms with Gasteiger partial charge in [-0.3, -0.25) is 9.59 Å². The van der Waals surface area contributed by atoms with E-state index in [1.165, 1.54) is 6.92 Å². The van der Waals surface area contributed by atoms with Crippen LogP contribution in [0, 0.1) is 0 Å². The third-order valence-electron chi connectivity index (χ3n) is 3.16. The number of benzene rings is 1. The third kappa shape index (κ3) is 4.48. The number of nitrogens with one attached hydrogen (secondary N) is 1. The zero-order valence-corrected chi connectivity index (χ0v) is 11.9. The number of carbonyl (C=O) groups is 2. The Labute approximate surface area is 116 Å². The van der Waals surface area contributed by atoms with Crippen molar-refractivity contribution < 1.29 is 11.0 Å². The number of amides is 1. The Morgan fingerprint density at radius 3 is 2.26 bits per heavy atom. The Bertz CT molecular complexity index is 445. The molecule has 0 bridgehead atoms. The molecule has 4 nitrogen and oxygen atoms in total.